The molecule has 0 unspecified atom stereocenters. The second-order valence-corrected chi connectivity index (χ2v) is 20.7. The van der Waals surface area contributed by atoms with E-state index in [9.17, 15) is 50.8 Å². The van der Waals surface area contributed by atoms with E-state index in [0.717, 1.165) is 73.2 Å². The number of amides is 2. The zero-order valence-corrected chi connectivity index (χ0v) is 45.7. The van der Waals surface area contributed by atoms with Crippen molar-refractivity contribution >= 4 is 81.2 Å². The second-order valence-electron chi connectivity index (χ2n) is 20.0. The number of halogens is 8. The number of benzene rings is 4. The lowest BCUT2D eigenvalue weighted by Gasteiger charge is -2.33. The van der Waals surface area contributed by atoms with E-state index >= 15 is 8.78 Å². The van der Waals surface area contributed by atoms with Gasteiger partial charge in [-0.25, -0.2) is 13.6 Å². The first kappa shape index (κ1) is 60.7. The summed E-state index contributed by atoms with van der Waals surface area (Å²) in [5, 5.41) is 12.0. The Morgan fingerprint density at radius 1 is 0.675 bits per heavy atom. The minimum Gasteiger partial charge on any atom is -0.489 e. The predicted molar refractivity (Wildman–Crippen MR) is 287 cm³/mol. The molecule has 4 saturated heterocycles. The van der Waals surface area contributed by atoms with Crippen LogP contribution in [-0.4, -0.2) is 145 Å². The van der Waals surface area contributed by atoms with Crippen molar-refractivity contribution < 1.29 is 68.5 Å². The van der Waals surface area contributed by atoms with Crippen LogP contribution in [0.25, 0.3) is 0 Å². The number of alkyl halides is 6. The highest BCUT2D eigenvalue weighted by Crippen LogP contribution is 2.44. The lowest BCUT2D eigenvalue weighted by Crippen LogP contribution is -2.49. The summed E-state index contributed by atoms with van der Waals surface area (Å²) in [5.41, 5.74) is -8.11. The van der Waals surface area contributed by atoms with E-state index < -0.39 is 93.2 Å². The lowest BCUT2D eigenvalue weighted by molar-refractivity contribution is -0.142. The van der Waals surface area contributed by atoms with E-state index in [0.29, 0.717) is 32.2 Å². The van der Waals surface area contributed by atoms with Gasteiger partial charge in [0.1, 0.15) is 24.3 Å². The number of nitrogens with zero attached hydrogens (tertiary/aromatic N) is 8. The first-order valence-electron chi connectivity index (χ1n) is 24.8. The van der Waals surface area contributed by atoms with Gasteiger partial charge in [-0.05, 0) is 119 Å². The van der Waals surface area contributed by atoms with E-state index in [-0.39, 0.29) is 76.9 Å². The molecule has 4 fully saturated rings. The molecule has 0 aromatic heterocycles. The van der Waals surface area contributed by atoms with Gasteiger partial charge in [0.25, 0.3) is 11.8 Å². The van der Waals surface area contributed by atoms with Crippen LogP contribution < -0.4 is 40.5 Å². The minimum atomic E-state index is -5.17. The molecule has 0 spiro atoms. The van der Waals surface area contributed by atoms with Gasteiger partial charge in [0.05, 0.1) is 46.2 Å². The van der Waals surface area contributed by atoms with Crippen molar-refractivity contribution in [3.63, 3.8) is 0 Å². The van der Waals surface area contributed by atoms with Gasteiger partial charge < -0.3 is 35.5 Å². The predicted octanol–water partition coefficient (Wildman–Crippen LogP) is 7.84. The molecule has 0 bridgehead atoms. The van der Waals surface area contributed by atoms with Gasteiger partial charge in [0, 0.05) is 89.0 Å². The summed E-state index contributed by atoms with van der Waals surface area (Å²) in [6.07, 6.45) is -10.1. The van der Waals surface area contributed by atoms with Crippen LogP contribution in [0.4, 0.5) is 57.9 Å². The Morgan fingerprint density at radius 2 is 1.16 bits per heavy atom. The fourth-order valence-electron chi connectivity index (χ4n) is 9.92. The largest absolute Gasteiger partial charge is 0.489 e. The van der Waals surface area contributed by atoms with Crippen molar-refractivity contribution in [1.29, 1.82) is 5.26 Å². The van der Waals surface area contributed by atoms with Gasteiger partial charge >= 0.3 is 24.3 Å². The summed E-state index contributed by atoms with van der Waals surface area (Å²) < 4.78 is 133. The highest BCUT2D eigenvalue weighted by atomic mass is 32.1. The maximum absolute atomic E-state index is 15.6. The Hall–Kier alpha value is -6.93. The number of nitrogens with one attached hydrogen (secondary N) is 1. The number of nitriles is 1. The third kappa shape index (κ3) is 12.2. The molecule has 0 radical (unpaired) electrons. The van der Waals surface area contributed by atoms with Crippen molar-refractivity contribution in [3.8, 4) is 17.6 Å². The average Bonchev–Trinajstić information content (AvgIpc) is 3.80. The van der Waals surface area contributed by atoms with E-state index in [1.165, 1.54) is 73.9 Å². The average molecular weight is 1160 g/mol. The molecule has 0 saturated carbocycles. The maximum Gasteiger partial charge on any atom is 0.417 e. The summed E-state index contributed by atoms with van der Waals surface area (Å²) >= 11 is 11.2. The molecular formula is C53H56F8N10O7S2. The van der Waals surface area contributed by atoms with Crippen molar-refractivity contribution in [3.05, 3.63) is 106 Å². The Morgan fingerprint density at radius 3 is 1.66 bits per heavy atom. The number of carbonyl (C=O) groups excluding carboxylic acids is 4. The molecule has 0 aliphatic carbocycles. The lowest BCUT2D eigenvalue weighted by atomic mass is 9.98. The van der Waals surface area contributed by atoms with E-state index in [4.69, 9.17) is 38.6 Å². The van der Waals surface area contributed by atoms with Gasteiger partial charge in [-0.15, -0.1) is 0 Å². The van der Waals surface area contributed by atoms with Crippen LogP contribution in [0.5, 0.6) is 11.5 Å². The highest BCUT2D eigenvalue weighted by Gasteiger charge is 2.53. The normalized spacial score (nSPS) is 18.1. The Balaban J connectivity index is 0.00000924. The number of hydrogen-bond donors (Lipinski definition) is 2. The van der Waals surface area contributed by atoms with Gasteiger partial charge in [0.2, 0.25) is 0 Å². The molecule has 0 atom stereocenters. The smallest absolute Gasteiger partial charge is 0.417 e. The van der Waals surface area contributed by atoms with Crippen LogP contribution in [0, 0.1) is 29.9 Å². The van der Waals surface area contributed by atoms with Crippen LogP contribution in [-0.2, 0) is 31.5 Å². The Bertz CT molecular complexity index is 3140. The Kier molecular flexibility index (Phi) is 17.9. The zero-order chi connectivity index (χ0) is 57.5. The van der Waals surface area contributed by atoms with Crippen LogP contribution in [0.15, 0.2) is 66.7 Å². The summed E-state index contributed by atoms with van der Waals surface area (Å²) in [6, 6.07) is 14.0. The van der Waals surface area contributed by atoms with Gasteiger partial charge in [0.15, 0.2) is 33.4 Å². The molecule has 4 aromatic carbocycles. The van der Waals surface area contributed by atoms with E-state index in [1.54, 1.807) is 4.90 Å². The first-order chi connectivity index (χ1) is 37.1. The maximum atomic E-state index is 15.6. The molecule has 4 aliphatic heterocycles. The summed E-state index contributed by atoms with van der Waals surface area (Å²) in [4.78, 5) is 64.2. The number of thiocarbonyl (C=S) groups is 2. The Labute approximate surface area is 466 Å². The number of ether oxygens (including phenoxy) is 3. The van der Waals surface area contributed by atoms with Gasteiger partial charge in [-0.3, -0.25) is 38.9 Å². The van der Waals surface area contributed by atoms with Gasteiger partial charge in [-0.2, -0.15) is 31.6 Å². The number of anilines is 4. The molecule has 8 rings (SSSR count). The summed E-state index contributed by atoms with van der Waals surface area (Å²) in [6.45, 7) is 12.2. The molecule has 80 heavy (non-hydrogen) atoms. The third-order valence-corrected chi connectivity index (χ3v) is 14.8. The van der Waals surface area contributed by atoms with Crippen LogP contribution in [0.2, 0.25) is 0 Å². The van der Waals surface area contributed by atoms with Crippen LogP contribution in [0.1, 0.15) is 60.3 Å². The van der Waals surface area contributed by atoms with Crippen molar-refractivity contribution in [1.82, 2.24) is 26.2 Å². The summed E-state index contributed by atoms with van der Waals surface area (Å²) in [5.74, 6) is -5.86. The molecule has 4 heterocycles. The van der Waals surface area contributed by atoms with Crippen molar-refractivity contribution in [2.24, 2.45) is 0 Å². The van der Waals surface area contributed by atoms with Gasteiger partial charge in [-0.1, -0.05) is 0 Å². The first-order valence-corrected chi connectivity index (χ1v) is 25.6. The molecule has 4 aliphatic rings. The number of piperazine rings is 2. The highest BCUT2D eigenvalue weighted by molar-refractivity contribution is 7.81. The standard InChI is InChI=1S/C53H53F8N9O7S2.H3N/c1-31-40(68-47(74)51(4,5)70(49(68)79)35-9-13-41(39(55)28-35)75-24-22-64-16-14-63-15-17-64)11-10-36(44(31)53(59,60)61)45(72)77-43(71)30-66-20-18-65(19-21-66)23-25-76-42-12-8-34(27-38(42)54)69-48(78)67(46(73)50(69,2)3)33-7-6-32(29-62)37(26-33)52(56,57)58;/h6-13,26-28,63H,14-25,30H2,1-5H3;1H3. The summed E-state index contributed by atoms with van der Waals surface area (Å²) in [7, 11) is 0. The quantitative estimate of drug-likeness (QED) is 0.0506. The SMILES string of the molecule is Cc1c(N2C(=O)C(C)(C)N(c3ccc(OCCN4CCNCC4)c(F)c3)C2=S)ccc(C(=O)OC(=O)CN2CCN(CCOc3ccc(N4C(=S)N(c5ccc(C#N)c(C(F)(F)F)c5)C(=O)C4(C)C)cc3F)CC2)c1C(F)(F)F.N. The number of esters is 2. The topological polar surface area (TPSA) is 189 Å². The second kappa shape index (κ2) is 23.6. The fourth-order valence-corrected chi connectivity index (χ4v) is 11.0. The van der Waals surface area contributed by atoms with Crippen LogP contribution >= 0.6 is 24.4 Å². The fraction of sp³-hybridized carbons (Fsp3) is 0.415. The third-order valence-electron chi connectivity index (χ3n) is 14.1. The number of hydrogen-bond acceptors (Lipinski definition) is 15. The van der Waals surface area contributed by atoms with Crippen LogP contribution in [0.3, 0.4) is 0 Å². The van der Waals surface area contributed by atoms with Crippen molar-refractivity contribution in [2.75, 3.05) is 105 Å². The number of rotatable bonds is 15. The number of carbonyl (C=O) groups is 4. The van der Waals surface area contributed by atoms with E-state index in [2.05, 4.69) is 10.2 Å². The zero-order valence-electron chi connectivity index (χ0n) is 44.0. The molecule has 4 N–H and O–H groups in total. The molecule has 17 nitrogen and oxygen atoms in total. The minimum absolute atomic E-state index is 0. The molecular weight excluding hydrogens is 1100 g/mol. The molecule has 428 valence electrons. The molecule has 27 heteroatoms. The van der Waals surface area contributed by atoms with Crippen molar-refractivity contribution in [2.45, 2.75) is 58.0 Å². The monoisotopic (exact) mass is 1160 g/mol. The molecule has 4 aromatic rings. The van der Waals surface area contributed by atoms with E-state index in [1.807, 2.05) is 4.90 Å². The molecule has 2 amide bonds.